The minimum Gasteiger partial charge on any atom is -0.307 e. The number of nitrogens with one attached hydrogen (secondary N) is 1. The molecule has 32 heavy (non-hydrogen) atoms. The number of anilines is 2. The monoisotopic (exact) mass is 444 g/mol. The second kappa shape index (κ2) is 9.67. The zero-order chi connectivity index (χ0) is 22.3. The summed E-state index contributed by atoms with van der Waals surface area (Å²) >= 11 is 5.82. The third-order valence-electron chi connectivity index (χ3n) is 4.38. The molecular formula is C23H17ClN6O2. The van der Waals surface area contributed by atoms with E-state index in [1.54, 1.807) is 84.3 Å². The topological polar surface area (TPSA) is 90.8 Å². The molecule has 0 aliphatic carbocycles. The standard InChI is InChI=1S/C23H17ClN6O2/c24-19-7-10-21(27-15-19)28-22(31)17-5-8-20(9-6-17)30(29-13-2-1-11-26-16-29)23(32)18-4-3-12-25-14-18/h1-16H,(H,27,28,31). The van der Waals surface area contributed by atoms with Gasteiger partial charge in [0.05, 0.1) is 16.3 Å². The maximum absolute atomic E-state index is 13.3. The van der Waals surface area contributed by atoms with E-state index < -0.39 is 0 Å². The number of hydrogen-bond donors (Lipinski definition) is 1. The quantitative estimate of drug-likeness (QED) is 0.633. The highest BCUT2D eigenvalue weighted by Gasteiger charge is 2.23. The summed E-state index contributed by atoms with van der Waals surface area (Å²) in [6.07, 6.45) is 12.9. The first kappa shape index (κ1) is 21.0. The lowest BCUT2D eigenvalue weighted by Gasteiger charge is -2.30. The van der Waals surface area contributed by atoms with Gasteiger partial charge in [0.15, 0.2) is 0 Å². The smallest absolute Gasteiger partial charge is 0.279 e. The fourth-order valence-corrected chi connectivity index (χ4v) is 2.97. The molecule has 0 unspecified atom stereocenters. The van der Waals surface area contributed by atoms with E-state index in [1.165, 1.54) is 23.7 Å². The van der Waals surface area contributed by atoms with Crippen LogP contribution in [0.4, 0.5) is 11.5 Å². The number of nitrogens with zero attached hydrogens (tertiary/aromatic N) is 5. The van der Waals surface area contributed by atoms with E-state index in [-0.39, 0.29) is 11.8 Å². The van der Waals surface area contributed by atoms with Crippen molar-refractivity contribution in [2.24, 2.45) is 4.99 Å². The normalized spacial score (nSPS) is 12.3. The average Bonchev–Trinajstić information content (AvgIpc) is 3.11. The van der Waals surface area contributed by atoms with E-state index in [2.05, 4.69) is 20.3 Å². The Morgan fingerprint density at radius 2 is 1.81 bits per heavy atom. The second-order valence-electron chi connectivity index (χ2n) is 6.55. The molecule has 4 rings (SSSR count). The highest BCUT2D eigenvalue weighted by molar-refractivity contribution is 6.30. The molecular weight excluding hydrogens is 428 g/mol. The van der Waals surface area contributed by atoms with E-state index >= 15 is 0 Å². The Balaban J connectivity index is 1.60. The van der Waals surface area contributed by atoms with Crippen molar-refractivity contribution in [3.8, 4) is 0 Å². The summed E-state index contributed by atoms with van der Waals surface area (Å²) in [5.74, 6) is -0.258. The molecule has 1 N–H and O–H groups in total. The molecule has 2 aromatic heterocycles. The van der Waals surface area contributed by atoms with Crippen LogP contribution < -0.4 is 10.3 Å². The molecule has 3 aromatic rings. The predicted molar refractivity (Wildman–Crippen MR) is 123 cm³/mol. The molecule has 2 amide bonds. The number of aromatic nitrogens is 2. The van der Waals surface area contributed by atoms with Gasteiger partial charge in [-0.2, -0.15) is 0 Å². The number of allylic oxidation sites excluding steroid dienone is 2. The summed E-state index contributed by atoms with van der Waals surface area (Å²) < 4.78 is 0. The number of benzene rings is 1. The number of rotatable bonds is 5. The van der Waals surface area contributed by atoms with Gasteiger partial charge in [-0.25, -0.2) is 20.0 Å². The number of hydrogen-bond acceptors (Lipinski definition) is 6. The molecule has 1 aliphatic rings. The van der Waals surface area contributed by atoms with Gasteiger partial charge >= 0.3 is 0 Å². The Morgan fingerprint density at radius 3 is 2.53 bits per heavy atom. The summed E-state index contributed by atoms with van der Waals surface area (Å²) in [7, 11) is 0. The van der Waals surface area contributed by atoms with E-state index in [4.69, 9.17) is 11.6 Å². The van der Waals surface area contributed by atoms with Gasteiger partial charge in [-0.3, -0.25) is 14.6 Å². The van der Waals surface area contributed by atoms with Gasteiger partial charge in [0.2, 0.25) is 0 Å². The zero-order valence-corrected chi connectivity index (χ0v) is 17.4. The van der Waals surface area contributed by atoms with Crippen LogP contribution in [0.15, 0.2) is 96.7 Å². The first-order chi connectivity index (χ1) is 15.6. The van der Waals surface area contributed by atoms with Crippen molar-refractivity contribution in [3.05, 3.63) is 108 Å². The Bertz CT molecular complexity index is 1180. The highest BCUT2D eigenvalue weighted by Crippen LogP contribution is 2.21. The lowest BCUT2D eigenvalue weighted by Crippen LogP contribution is -2.43. The van der Waals surface area contributed by atoms with E-state index in [0.29, 0.717) is 27.7 Å². The number of pyridine rings is 2. The summed E-state index contributed by atoms with van der Waals surface area (Å²) in [4.78, 5) is 38.1. The van der Waals surface area contributed by atoms with Crippen molar-refractivity contribution < 1.29 is 9.59 Å². The fourth-order valence-electron chi connectivity index (χ4n) is 2.86. The molecule has 8 nitrogen and oxygen atoms in total. The summed E-state index contributed by atoms with van der Waals surface area (Å²) in [5.41, 5.74) is 1.35. The van der Waals surface area contributed by atoms with E-state index in [9.17, 15) is 9.59 Å². The van der Waals surface area contributed by atoms with Crippen molar-refractivity contribution in [1.29, 1.82) is 0 Å². The number of carbonyl (C=O) groups is 2. The largest absolute Gasteiger partial charge is 0.307 e. The van der Waals surface area contributed by atoms with Crippen LogP contribution in [0.2, 0.25) is 5.02 Å². The van der Waals surface area contributed by atoms with Crippen molar-refractivity contribution in [2.75, 3.05) is 10.3 Å². The van der Waals surface area contributed by atoms with Crippen LogP contribution in [0.1, 0.15) is 20.7 Å². The molecule has 0 radical (unpaired) electrons. The minimum atomic E-state index is -0.336. The molecule has 1 aliphatic heterocycles. The summed E-state index contributed by atoms with van der Waals surface area (Å²) in [5, 5.41) is 6.18. The first-order valence-electron chi connectivity index (χ1n) is 9.54. The Labute approximate surface area is 189 Å². The number of carbonyl (C=O) groups excluding carboxylic acids is 2. The lowest BCUT2D eigenvalue weighted by molar-refractivity contribution is 0.0953. The zero-order valence-electron chi connectivity index (χ0n) is 16.7. The van der Waals surface area contributed by atoms with Gasteiger partial charge in [-0.05, 0) is 60.7 Å². The Hall–Kier alpha value is -4.30. The van der Waals surface area contributed by atoms with E-state index in [0.717, 1.165) is 0 Å². The highest BCUT2D eigenvalue weighted by atomic mass is 35.5. The van der Waals surface area contributed by atoms with Crippen molar-refractivity contribution in [3.63, 3.8) is 0 Å². The van der Waals surface area contributed by atoms with Gasteiger partial charge < -0.3 is 5.32 Å². The number of halogens is 1. The molecule has 9 heteroatoms. The van der Waals surface area contributed by atoms with Crippen LogP contribution in [-0.2, 0) is 0 Å². The lowest BCUT2D eigenvalue weighted by atomic mass is 10.1. The summed E-state index contributed by atoms with van der Waals surface area (Å²) in [6, 6.07) is 13.2. The number of aliphatic imine (C=N–C) groups is 1. The predicted octanol–water partition coefficient (Wildman–Crippen LogP) is 4.32. The first-order valence-corrected chi connectivity index (χ1v) is 9.92. The van der Waals surface area contributed by atoms with Gasteiger partial charge in [0.1, 0.15) is 12.2 Å². The van der Waals surface area contributed by atoms with Crippen LogP contribution in [0, 0.1) is 0 Å². The Kier molecular flexibility index (Phi) is 6.33. The van der Waals surface area contributed by atoms with Gasteiger partial charge in [-0.15, -0.1) is 0 Å². The van der Waals surface area contributed by atoms with Crippen LogP contribution in [0.5, 0.6) is 0 Å². The molecule has 0 atom stereocenters. The number of amides is 2. The second-order valence-corrected chi connectivity index (χ2v) is 6.99. The van der Waals surface area contributed by atoms with Crippen molar-refractivity contribution in [2.45, 2.75) is 0 Å². The van der Waals surface area contributed by atoms with Crippen molar-refractivity contribution >= 4 is 41.3 Å². The van der Waals surface area contributed by atoms with Crippen LogP contribution >= 0.6 is 11.6 Å². The minimum absolute atomic E-state index is 0.307. The maximum atomic E-state index is 13.3. The average molecular weight is 445 g/mol. The SMILES string of the molecule is O=C(Nc1ccc(Cl)cn1)c1ccc(N(C(=O)c2cccnc2)N2C=CC=CN=C2)cc1. The van der Waals surface area contributed by atoms with Gasteiger partial charge in [0.25, 0.3) is 11.8 Å². The van der Waals surface area contributed by atoms with Crippen LogP contribution in [0.25, 0.3) is 0 Å². The molecule has 0 spiro atoms. The molecule has 1 aromatic carbocycles. The fraction of sp³-hybridized carbons (Fsp3) is 0. The molecule has 0 saturated heterocycles. The van der Waals surface area contributed by atoms with Crippen LogP contribution in [0.3, 0.4) is 0 Å². The molecule has 3 heterocycles. The molecule has 0 saturated carbocycles. The van der Waals surface area contributed by atoms with E-state index in [1.807, 2.05) is 0 Å². The molecule has 158 valence electrons. The molecule has 0 fully saturated rings. The van der Waals surface area contributed by atoms with Gasteiger partial charge in [-0.1, -0.05) is 11.6 Å². The van der Waals surface area contributed by atoms with Gasteiger partial charge in [0, 0.05) is 36.6 Å². The molecule has 0 bridgehead atoms. The summed E-state index contributed by atoms with van der Waals surface area (Å²) in [6.45, 7) is 0. The Morgan fingerprint density at radius 1 is 0.969 bits per heavy atom. The third-order valence-corrected chi connectivity index (χ3v) is 4.61. The maximum Gasteiger partial charge on any atom is 0.279 e. The van der Waals surface area contributed by atoms with Crippen molar-refractivity contribution in [1.82, 2.24) is 15.0 Å². The van der Waals surface area contributed by atoms with Crippen LogP contribution in [-0.4, -0.2) is 33.1 Å². The number of hydrazine groups is 1. The third kappa shape index (κ3) is 4.88.